The molecule has 0 saturated carbocycles. The molecule has 194 valence electrons. The molecule has 0 spiro atoms. The number of piperidine rings is 1. The lowest BCUT2D eigenvalue weighted by Crippen LogP contribution is -2.43. The number of carbonyl (C=O) groups is 1. The van der Waals surface area contributed by atoms with Gasteiger partial charge in [-0.2, -0.15) is 8.42 Å². The number of methoxy groups -OCH3 is 1. The van der Waals surface area contributed by atoms with Gasteiger partial charge in [0, 0.05) is 25.4 Å². The molecule has 4 N–H and O–H groups in total. The predicted octanol–water partition coefficient (Wildman–Crippen LogP) is 2.76. The highest BCUT2D eigenvalue weighted by atomic mass is 32.2. The number of nitrogens with two attached hydrogens (primary N) is 1. The van der Waals surface area contributed by atoms with Crippen molar-refractivity contribution in [2.24, 2.45) is 16.0 Å². The molecule has 4 rings (SSSR count). The molecule has 2 heterocycles. The second kappa shape index (κ2) is 9.88. The Bertz CT molecular complexity index is 1290. The van der Waals surface area contributed by atoms with Crippen molar-refractivity contribution < 1.29 is 27.8 Å². The molecule has 2 aliphatic heterocycles. The van der Waals surface area contributed by atoms with Crippen LogP contribution in [-0.4, -0.2) is 57.0 Å². The SMILES string of the molecule is COc1ccc(C(C)(C)CC(=O)N2CCC[C@H](COc3cccc4c3C(N)=NS(=O)(=O)N4)C2)cc1O. The number of anilines is 1. The number of aromatic hydroxyl groups is 1. The Morgan fingerprint density at radius 2 is 2.06 bits per heavy atom. The number of ether oxygens (including phenoxy) is 2. The highest BCUT2D eigenvalue weighted by Crippen LogP contribution is 2.35. The zero-order chi connectivity index (χ0) is 26.1. The monoisotopic (exact) mass is 516 g/mol. The quantitative estimate of drug-likeness (QED) is 0.513. The highest BCUT2D eigenvalue weighted by Gasteiger charge is 2.31. The van der Waals surface area contributed by atoms with Crippen LogP contribution in [-0.2, 0) is 20.4 Å². The molecule has 10 nitrogen and oxygen atoms in total. The lowest BCUT2D eigenvalue weighted by Gasteiger charge is -2.35. The number of fused-ring (bicyclic) bond motifs is 1. The molecule has 0 radical (unpaired) electrons. The van der Waals surface area contributed by atoms with Gasteiger partial charge in [-0.15, -0.1) is 4.40 Å². The summed E-state index contributed by atoms with van der Waals surface area (Å²) in [5.41, 5.74) is 7.03. The lowest BCUT2D eigenvalue weighted by atomic mass is 9.80. The summed E-state index contributed by atoms with van der Waals surface area (Å²) in [6, 6.07) is 10.2. The lowest BCUT2D eigenvalue weighted by molar-refractivity contribution is -0.134. The van der Waals surface area contributed by atoms with Crippen LogP contribution < -0.4 is 19.9 Å². The van der Waals surface area contributed by atoms with Gasteiger partial charge in [-0.1, -0.05) is 26.0 Å². The van der Waals surface area contributed by atoms with Crippen LogP contribution in [0.4, 0.5) is 5.69 Å². The van der Waals surface area contributed by atoms with Crippen LogP contribution in [0, 0.1) is 5.92 Å². The van der Waals surface area contributed by atoms with Crippen LogP contribution in [0.3, 0.4) is 0 Å². The highest BCUT2D eigenvalue weighted by molar-refractivity contribution is 7.91. The number of carbonyl (C=O) groups excluding carboxylic acids is 1. The number of amidine groups is 1. The molecule has 0 unspecified atom stereocenters. The van der Waals surface area contributed by atoms with E-state index in [9.17, 15) is 18.3 Å². The first-order valence-electron chi connectivity index (χ1n) is 11.8. The Hall–Kier alpha value is -3.47. The van der Waals surface area contributed by atoms with Crippen LogP contribution in [0.15, 0.2) is 40.8 Å². The standard InChI is InChI=1S/C25H32N4O6S/c1-25(2,17-9-10-20(34-3)19(30)12-17)13-22(31)29-11-5-6-16(14-29)15-35-21-8-4-7-18-23(21)24(26)28-36(32,33)27-18/h4,7-10,12,16,27,30H,5-6,11,13-15H2,1-3H3,(H2,26,28)/t16-/m0/s1. The number of phenolic OH excluding ortho intramolecular Hbond substituents is 1. The van der Waals surface area contributed by atoms with Crippen molar-refractivity contribution in [2.45, 2.75) is 38.5 Å². The summed E-state index contributed by atoms with van der Waals surface area (Å²) in [4.78, 5) is 15.1. The third kappa shape index (κ3) is 5.51. The van der Waals surface area contributed by atoms with Gasteiger partial charge in [-0.25, -0.2) is 0 Å². The Labute approximate surface area is 211 Å². The van der Waals surface area contributed by atoms with E-state index in [1.54, 1.807) is 30.3 Å². The normalized spacial score (nSPS) is 19.0. The summed E-state index contributed by atoms with van der Waals surface area (Å²) >= 11 is 0. The fourth-order valence-corrected chi connectivity index (χ4v) is 5.52. The molecule has 1 saturated heterocycles. The predicted molar refractivity (Wildman–Crippen MR) is 137 cm³/mol. The molecular weight excluding hydrogens is 484 g/mol. The van der Waals surface area contributed by atoms with E-state index in [-0.39, 0.29) is 23.4 Å². The maximum Gasteiger partial charge on any atom is 0.344 e. The van der Waals surface area contributed by atoms with Crippen molar-refractivity contribution in [1.29, 1.82) is 0 Å². The fraction of sp³-hybridized carbons (Fsp3) is 0.440. The minimum atomic E-state index is -3.86. The zero-order valence-electron chi connectivity index (χ0n) is 20.7. The molecule has 1 amide bonds. The van der Waals surface area contributed by atoms with Crippen LogP contribution in [0.25, 0.3) is 0 Å². The minimum Gasteiger partial charge on any atom is -0.504 e. The van der Waals surface area contributed by atoms with E-state index in [2.05, 4.69) is 9.12 Å². The van der Waals surface area contributed by atoms with Gasteiger partial charge in [0.1, 0.15) is 5.75 Å². The van der Waals surface area contributed by atoms with Gasteiger partial charge in [0.15, 0.2) is 17.3 Å². The topological polar surface area (TPSA) is 144 Å². The Kier molecular flexibility index (Phi) is 7.03. The van der Waals surface area contributed by atoms with E-state index in [1.807, 2.05) is 24.8 Å². The van der Waals surface area contributed by atoms with Crippen molar-refractivity contribution in [3.8, 4) is 17.2 Å². The van der Waals surface area contributed by atoms with E-state index in [1.165, 1.54) is 7.11 Å². The number of rotatable bonds is 7. The largest absolute Gasteiger partial charge is 0.504 e. The first-order valence-corrected chi connectivity index (χ1v) is 13.2. The van der Waals surface area contributed by atoms with E-state index >= 15 is 0 Å². The van der Waals surface area contributed by atoms with Crippen LogP contribution in [0.1, 0.15) is 44.2 Å². The molecule has 2 aliphatic rings. The van der Waals surface area contributed by atoms with Crippen LogP contribution in [0.2, 0.25) is 0 Å². The minimum absolute atomic E-state index is 0.0443. The van der Waals surface area contributed by atoms with Crippen molar-refractivity contribution in [3.63, 3.8) is 0 Å². The molecule has 1 fully saturated rings. The molecule has 36 heavy (non-hydrogen) atoms. The van der Waals surface area contributed by atoms with Gasteiger partial charge in [0.25, 0.3) is 0 Å². The molecule has 0 bridgehead atoms. The summed E-state index contributed by atoms with van der Waals surface area (Å²) in [5.74, 6) is 0.928. The average molecular weight is 517 g/mol. The van der Waals surface area contributed by atoms with E-state index in [4.69, 9.17) is 15.2 Å². The molecule has 11 heteroatoms. The third-order valence-corrected chi connectivity index (χ3v) is 7.55. The number of nitrogens with one attached hydrogen (secondary N) is 1. The summed E-state index contributed by atoms with van der Waals surface area (Å²) in [6.45, 7) is 5.57. The number of amides is 1. The Balaban J connectivity index is 1.39. The number of phenols is 1. The van der Waals surface area contributed by atoms with Gasteiger partial charge >= 0.3 is 10.2 Å². The second-order valence-corrected chi connectivity index (χ2v) is 11.2. The molecule has 2 aromatic carbocycles. The fourth-order valence-electron chi connectivity index (χ4n) is 4.68. The van der Waals surface area contributed by atoms with E-state index in [0.717, 1.165) is 18.4 Å². The van der Waals surface area contributed by atoms with Gasteiger partial charge < -0.3 is 25.2 Å². The first-order chi connectivity index (χ1) is 17.0. The van der Waals surface area contributed by atoms with Gasteiger partial charge in [-0.3, -0.25) is 9.52 Å². The third-order valence-electron chi connectivity index (χ3n) is 6.64. The number of likely N-dealkylation sites (tertiary alicyclic amines) is 1. The second-order valence-electron chi connectivity index (χ2n) is 9.84. The van der Waals surface area contributed by atoms with Crippen molar-refractivity contribution in [3.05, 3.63) is 47.5 Å². The molecule has 2 aromatic rings. The molecule has 1 atom stereocenters. The maximum atomic E-state index is 13.2. The number of nitrogens with zero attached hydrogens (tertiary/aromatic N) is 2. The molecular formula is C25H32N4O6S. The smallest absolute Gasteiger partial charge is 0.344 e. The van der Waals surface area contributed by atoms with E-state index in [0.29, 0.717) is 48.9 Å². The summed E-state index contributed by atoms with van der Waals surface area (Å²) in [5, 5.41) is 10.2. The van der Waals surface area contributed by atoms with Gasteiger partial charge in [0.05, 0.1) is 25.0 Å². The van der Waals surface area contributed by atoms with Crippen molar-refractivity contribution in [1.82, 2.24) is 4.90 Å². The van der Waals surface area contributed by atoms with E-state index < -0.39 is 15.6 Å². The van der Waals surface area contributed by atoms with Gasteiger partial charge in [0.2, 0.25) is 5.91 Å². The summed E-state index contributed by atoms with van der Waals surface area (Å²) < 4.78 is 40.6. The van der Waals surface area contributed by atoms with Gasteiger partial charge in [-0.05, 0) is 48.1 Å². The Morgan fingerprint density at radius 1 is 1.28 bits per heavy atom. The van der Waals surface area contributed by atoms with Crippen molar-refractivity contribution >= 4 is 27.6 Å². The summed E-state index contributed by atoms with van der Waals surface area (Å²) in [6.07, 6.45) is 2.07. The number of benzene rings is 2. The average Bonchev–Trinajstić information content (AvgIpc) is 2.81. The number of hydrogen-bond acceptors (Lipinski definition) is 7. The molecule has 0 aliphatic carbocycles. The van der Waals surface area contributed by atoms with Crippen LogP contribution >= 0.6 is 0 Å². The summed E-state index contributed by atoms with van der Waals surface area (Å²) in [7, 11) is -2.37. The first kappa shape index (κ1) is 25.6. The maximum absolute atomic E-state index is 13.2. The zero-order valence-corrected chi connectivity index (χ0v) is 21.5. The number of hydrogen-bond donors (Lipinski definition) is 3. The van der Waals surface area contributed by atoms with Crippen LogP contribution in [0.5, 0.6) is 17.2 Å². The Morgan fingerprint density at radius 3 is 2.78 bits per heavy atom. The molecule has 0 aromatic heterocycles. The van der Waals surface area contributed by atoms with Crippen molar-refractivity contribution in [2.75, 3.05) is 31.5 Å².